The van der Waals surface area contributed by atoms with E-state index < -0.39 is 72.7 Å². The number of carbonyl (C=O) groups excluding carboxylic acids is 1. The minimum absolute atomic E-state index is 0.204. The van der Waals surface area contributed by atoms with Gasteiger partial charge in [-0.05, 0) is 22.5 Å². The van der Waals surface area contributed by atoms with Crippen LogP contribution in [0.3, 0.4) is 0 Å². The van der Waals surface area contributed by atoms with Gasteiger partial charge in [-0.3, -0.25) is 23.7 Å². The first-order valence-electron chi connectivity index (χ1n) is 7.94. The molecule has 0 aliphatic carbocycles. The molecule has 2 heterocycles. The van der Waals surface area contributed by atoms with Gasteiger partial charge in [0.2, 0.25) is 0 Å². The first-order valence-corrected chi connectivity index (χ1v) is 11.4. The van der Waals surface area contributed by atoms with Gasteiger partial charge in [-0.25, -0.2) is 4.79 Å². The molecule has 1 aliphatic heterocycles. The summed E-state index contributed by atoms with van der Waals surface area (Å²) in [5.41, 5.74) is -2.63. The lowest BCUT2D eigenvalue weighted by atomic mass is 10.1. The summed E-state index contributed by atoms with van der Waals surface area (Å²) in [7, 11) is 0.791. The molecule has 0 saturated carbocycles. The minimum Gasteiger partial charge on any atom is -0.387 e. The Balaban J connectivity index is 2.29. The third-order valence-electron chi connectivity index (χ3n) is 4.04. The zero-order chi connectivity index (χ0) is 23.0. The largest absolute Gasteiger partial charge is 0.471 e. The summed E-state index contributed by atoms with van der Waals surface area (Å²) in [5.74, 6) is -2.23. The number of H-pyrrole nitrogens is 1. The van der Waals surface area contributed by atoms with Crippen LogP contribution < -0.4 is 11.2 Å². The molecule has 1 aromatic rings. The van der Waals surface area contributed by atoms with E-state index in [9.17, 15) is 42.3 Å². The third-order valence-corrected chi connectivity index (χ3v) is 5.07. The van der Waals surface area contributed by atoms with E-state index in [1.165, 1.54) is 0 Å². The van der Waals surface area contributed by atoms with Crippen molar-refractivity contribution in [1.82, 2.24) is 14.5 Å². The van der Waals surface area contributed by atoms with Crippen LogP contribution in [0.1, 0.15) is 11.8 Å². The van der Waals surface area contributed by atoms with Gasteiger partial charge in [0.05, 0.1) is 18.7 Å². The Labute approximate surface area is 174 Å². The first kappa shape index (κ1) is 24.9. The van der Waals surface area contributed by atoms with Gasteiger partial charge in [-0.15, -0.1) is 0 Å². The fourth-order valence-electron chi connectivity index (χ4n) is 2.63. The molecule has 0 aromatic carbocycles. The van der Waals surface area contributed by atoms with E-state index in [4.69, 9.17) is 27.2 Å². The van der Waals surface area contributed by atoms with Crippen molar-refractivity contribution in [3.05, 3.63) is 32.6 Å². The average molecular weight is 500 g/mol. The quantitative estimate of drug-likeness (QED) is 0.472. The van der Waals surface area contributed by atoms with Crippen LogP contribution in [0.5, 0.6) is 0 Å². The molecule has 1 saturated heterocycles. The molecule has 0 bridgehead atoms. The Kier molecular flexibility index (Phi) is 7.45. The van der Waals surface area contributed by atoms with Gasteiger partial charge in [0.15, 0.2) is 6.23 Å². The monoisotopic (exact) mass is 499 g/mol. The summed E-state index contributed by atoms with van der Waals surface area (Å²) in [6, 6.07) is 0. The van der Waals surface area contributed by atoms with Crippen LogP contribution in [-0.2, 0) is 25.2 Å². The molecule has 3 N–H and O–H groups in total. The second-order valence-corrected chi connectivity index (χ2v) is 10.5. The molecule has 1 aliphatic rings. The topological polar surface area (TPSA) is 151 Å². The number of ether oxygens (including phenoxy) is 1. The Hall–Kier alpha value is -1.41. The number of aliphatic hydroxyl groups is 2. The first-order chi connectivity index (χ1) is 13.6. The summed E-state index contributed by atoms with van der Waals surface area (Å²) in [4.78, 5) is 37.3. The number of aromatic amines is 1. The van der Waals surface area contributed by atoms with E-state index in [-0.39, 0.29) is 4.90 Å². The van der Waals surface area contributed by atoms with Gasteiger partial charge in [0.25, 0.3) is 5.56 Å². The van der Waals surface area contributed by atoms with E-state index in [2.05, 4.69) is 4.52 Å². The van der Waals surface area contributed by atoms with Crippen molar-refractivity contribution in [2.75, 3.05) is 13.7 Å². The summed E-state index contributed by atoms with van der Waals surface area (Å²) in [5, 5.41) is 20.2. The zero-order valence-corrected chi connectivity index (χ0v) is 17.3. The maximum Gasteiger partial charge on any atom is 0.471 e. The Morgan fingerprint density at radius 1 is 1.37 bits per heavy atom. The molecule has 1 amide bonds. The Morgan fingerprint density at radius 3 is 2.50 bits per heavy atom. The second kappa shape index (κ2) is 8.99. The standard InChI is InChI=1S/C13H15Cl2F3N3O8P/c1-20(11(25)13(16,17)18)2-5-3-21(12(26)19-9(5)24)10-8(23)7(22)6(29-10)4-28-30(14,15)27/h3,6-8,10,22-23H,2,4H2,1H3,(H,19,24,26)/t6-,7+,8?,10-/m1/s1. The molecule has 30 heavy (non-hydrogen) atoms. The van der Waals surface area contributed by atoms with Crippen molar-refractivity contribution < 1.29 is 42.0 Å². The predicted octanol–water partition coefficient (Wildman–Crippen LogP) is 0.279. The van der Waals surface area contributed by atoms with Crippen LogP contribution in [0.2, 0.25) is 0 Å². The van der Waals surface area contributed by atoms with E-state index in [0.717, 1.165) is 13.2 Å². The molecule has 2 rings (SSSR count). The SMILES string of the molecule is CN(Cc1cn([C@@H]2O[C@H](COP(=O)(Cl)Cl)[C@H](O)C2O)c(=O)[nH]c1=O)C(=O)C(F)(F)F. The maximum absolute atomic E-state index is 12.5. The van der Waals surface area contributed by atoms with Crippen LogP contribution >= 0.6 is 28.6 Å². The van der Waals surface area contributed by atoms with E-state index >= 15 is 0 Å². The van der Waals surface area contributed by atoms with E-state index in [1.54, 1.807) is 0 Å². The predicted molar refractivity (Wildman–Crippen MR) is 95.0 cm³/mol. The van der Waals surface area contributed by atoms with Crippen LogP contribution in [0.15, 0.2) is 15.8 Å². The molecular weight excluding hydrogens is 485 g/mol. The number of carbonyl (C=O) groups is 1. The normalized spacial score (nSPS) is 24.8. The summed E-state index contributed by atoms with van der Waals surface area (Å²) >= 11 is 10.4. The van der Waals surface area contributed by atoms with Crippen LogP contribution in [0.25, 0.3) is 0 Å². The van der Waals surface area contributed by atoms with Gasteiger partial charge in [0.1, 0.15) is 18.3 Å². The number of nitrogens with one attached hydrogen (secondary N) is 1. The van der Waals surface area contributed by atoms with Gasteiger partial charge < -0.3 is 24.4 Å². The number of aromatic nitrogens is 2. The van der Waals surface area contributed by atoms with Crippen LogP contribution in [0.4, 0.5) is 13.2 Å². The molecule has 4 atom stereocenters. The zero-order valence-electron chi connectivity index (χ0n) is 14.9. The van der Waals surface area contributed by atoms with Gasteiger partial charge >= 0.3 is 23.8 Å². The summed E-state index contributed by atoms with van der Waals surface area (Å²) in [6.45, 7) is -1.46. The summed E-state index contributed by atoms with van der Waals surface area (Å²) < 4.78 is 59.2. The highest BCUT2D eigenvalue weighted by Crippen LogP contribution is 2.57. The van der Waals surface area contributed by atoms with Crippen molar-refractivity contribution in [2.24, 2.45) is 0 Å². The Bertz CT molecular complexity index is 964. The number of rotatable bonds is 6. The van der Waals surface area contributed by atoms with Gasteiger partial charge in [-0.1, -0.05) is 0 Å². The van der Waals surface area contributed by atoms with Crippen molar-refractivity contribution in [2.45, 2.75) is 37.3 Å². The van der Waals surface area contributed by atoms with E-state index in [0.29, 0.717) is 4.57 Å². The number of amides is 1. The number of hydrogen-bond donors (Lipinski definition) is 3. The number of hydrogen-bond acceptors (Lipinski definition) is 8. The van der Waals surface area contributed by atoms with Crippen LogP contribution in [-0.4, -0.2) is 68.7 Å². The second-order valence-electron chi connectivity index (χ2n) is 6.24. The fourth-order valence-corrected chi connectivity index (χ4v) is 3.29. The van der Waals surface area contributed by atoms with Crippen molar-refractivity contribution in [3.63, 3.8) is 0 Å². The molecule has 170 valence electrons. The number of aliphatic hydroxyl groups excluding tert-OH is 2. The highest BCUT2D eigenvalue weighted by molar-refractivity contribution is 8.05. The average Bonchev–Trinajstić information content (AvgIpc) is 2.88. The third kappa shape index (κ3) is 5.84. The molecule has 1 fully saturated rings. The van der Waals surface area contributed by atoms with Crippen molar-refractivity contribution in [3.8, 4) is 0 Å². The molecule has 0 radical (unpaired) electrons. The van der Waals surface area contributed by atoms with Crippen LogP contribution in [0, 0.1) is 0 Å². The number of nitrogens with zero attached hydrogens (tertiary/aromatic N) is 2. The highest BCUT2D eigenvalue weighted by Gasteiger charge is 2.45. The molecular formula is C13H15Cl2F3N3O8P. The van der Waals surface area contributed by atoms with Gasteiger partial charge in [-0.2, -0.15) is 13.2 Å². The smallest absolute Gasteiger partial charge is 0.387 e. The Morgan fingerprint density at radius 2 is 1.97 bits per heavy atom. The molecule has 17 heteroatoms. The van der Waals surface area contributed by atoms with E-state index in [1.807, 2.05) is 4.98 Å². The molecule has 0 spiro atoms. The lowest BCUT2D eigenvalue weighted by molar-refractivity contribution is -0.184. The van der Waals surface area contributed by atoms with Gasteiger partial charge in [0, 0.05) is 13.2 Å². The number of halogens is 5. The maximum atomic E-state index is 12.5. The molecule has 1 unspecified atom stereocenters. The van der Waals surface area contributed by atoms with Crippen molar-refractivity contribution >= 4 is 34.5 Å². The molecule has 1 aromatic heterocycles. The van der Waals surface area contributed by atoms with Crippen molar-refractivity contribution in [1.29, 1.82) is 0 Å². The fraction of sp³-hybridized carbons (Fsp3) is 0.615. The molecule has 11 nitrogen and oxygen atoms in total. The number of alkyl halides is 3. The summed E-state index contributed by atoms with van der Waals surface area (Å²) in [6.07, 6.45) is -14.8. The minimum atomic E-state index is -5.18. The lowest BCUT2D eigenvalue weighted by Gasteiger charge is -2.21. The lowest BCUT2D eigenvalue weighted by Crippen LogP contribution is -2.42. The highest BCUT2D eigenvalue weighted by atomic mass is 35.9.